The van der Waals surface area contributed by atoms with Gasteiger partial charge >= 0.3 is 0 Å². The number of hydrogen-bond acceptors (Lipinski definition) is 2. The van der Waals surface area contributed by atoms with Gasteiger partial charge in [0, 0.05) is 10.0 Å². The van der Waals surface area contributed by atoms with E-state index in [9.17, 15) is 0 Å². The first kappa shape index (κ1) is 13.3. The summed E-state index contributed by atoms with van der Waals surface area (Å²) in [5.41, 5.74) is 2.13. The van der Waals surface area contributed by atoms with Gasteiger partial charge in [-0.15, -0.1) is 10.2 Å². The van der Waals surface area contributed by atoms with Crippen molar-refractivity contribution >= 4 is 27.5 Å². The molecule has 3 aromatic rings. The minimum Gasteiger partial charge on any atom is -0.293 e. The van der Waals surface area contributed by atoms with Crippen LogP contribution in [0, 0.1) is 0 Å². The summed E-state index contributed by atoms with van der Waals surface area (Å²) in [6.45, 7) is 0.623. The number of rotatable bonds is 3. The van der Waals surface area contributed by atoms with Gasteiger partial charge in [0.2, 0.25) is 5.28 Å². The fourth-order valence-electron chi connectivity index (χ4n) is 2.02. The summed E-state index contributed by atoms with van der Waals surface area (Å²) in [6.07, 6.45) is 0. The van der Waals surface area contributed by atoms with Crippen LogP contribution in [0.1, 0.15) is 5.56 Å². The zero-order chi connectivity index (χ0) is 13.9. The zero-order valence-corrected chi connectivity index (χ0v) is 12.8. The first-order chi connectivity index (χ1) is 9.75. The van der Waals surface area contributed by atoms with Crippen molar-refractivity contribution in [3.05, 3.63) is 69.9 Å². The molecule has 0 amide bonds. The molecule has 1 aromatic heterocycles. The van der Waals surface area contributed by atoms with E-state index in [0.717, 1.165) is 21.4 Å². The molecular formula is C15H11BrClN3. The number of hydrogen-bond donors (Lipinski definition) is 0. The number of benzene rings is 2. The van der Waals surface area contributed by atoms with Gasteiger partial charge in [-0.25, -0.2) is 0 Å². The summed E-state index contributed by atoms with van der Waals surface area (Å²) >= 11 is 9.72. The highest BCUT2D eigenvalue weighted by Crippen LogP contribution is 2.24. The lowest BCUT2D eigenvalue weighted by Gasteiger charge is -2.09. The van der Waals surface area contributed by atoms with Crippen molar-refractivity contribution in [2.45, 2.75) is 6.54 Å². The van der Waals surface area contributed by atoms with Gasteiger partial charge in [-0.1, -0.05) is 64.5 Å². The molecule has 0 spiro atoms. The molecule has 0 aliphatic carbocycles. The van der Waals surface area contributed by atoms with Crippen LogP contribution in [0.5, 0.6) is 0 Å². The first-order valence-electron chi connectivity index (χ1n) is 6.13. The zero-order valence-electron chi connectivity index (χ0n) is 10.5. The molecule has 3 nitrogen and oxygen atoms in total. The van der Waals surface area contributed by atoms with E-state index in [1.165, 1.54) is 0 Å². The van der Waals surface area contributed by atoms with Gasteiger partial charge in [0.15, 0.2) is 5.82 Å². The fraction of sp³-hybridized carbons (Fsp3) is 0.0667. The van der Waals surface area contributed by atoms with E-state index in [2.05, 4.69) is 32.2 Å². The number of halogens is 2. The third kappa shape index (κ3) is 2.62. The Morgan fingerprint density at radius 1 is 0.950 bits per heavy atom. The second kappa shape index (κ2) is 5.77. The van der Waals surface area contributed by atoms with Crippen molar-refractivity contribution in [1.29, 1.82) is 0 Å². The molecule has 3 rings (SSSR count). The molecule has 5 heteroatoms. The lowest BCUT2D eigenvalue weighted by atomic mass is 10.2. The van der Waals surface area contributed by atoms with Gasteiger partial charge < -0.3 is 0 Å². The monoisotopic (exact) mass is 347 g/mol. The highest BCUT2D eigenvalue weighted by atomic mass is 79.9. The average Bonchev–Trinajstić information content (AvgIpc) is 2.84. The Kier molecular flexibility index (Phi) is 3.85. The molecule has 0 radical (unpaired) electrons. The molecule has 100 valence electrons. The molecule has 0 unspecified atom stereocenters. The Morgan fingerprint density at radius 2 is 1.65 bits per heavy atom. The Balaban J connectivity index is 2.03. The lowest BCUT2D eigenvalue weighted by molar-refractivity contribution is 0.801. The second-order valence-electron chi connectivity index (χ2n) is 4.34. The van der Waals surface area contributed by atoms with E-state index in [-0.39, 0.29) is 0 Å². The SMILES string of the molecule is Clc1nnc(-c2ccccc2)n1Cc1ccccc1Br. The third-order valence-electron chi connectivity index (χ3n) is 3.02. The standard InChI is InChI=1S/C15H11BrClN3/c16-13-9-5-4-8-12(13)10-20-14(18-19-15(20)17)11-6-2-1-3-7-11/h1-9H,10H2. The van der Waals surface area contributed by atoms with Crippen LogP contribution >= 0.6 is 27.5 Å². The van der Waals surface area contributed by atoms with Gasteiger partial charge in [-0.05, 0) is 23.2 Å². The van der Waals surface area contributed by atoms with Crippen LogP contribution in [0.4, 0.5) is 0 Å². The topological polar surface area (TPSA) is 30.7 Å². The van der Waals surface area contributed by atoms with E-state index < -0.39 is 0 Å². The summed E-state index contributed by atoms with van der Waals surface area (Å²) < 4.78 is 2.94. The molecule has 0 aliphatic heterocycles. The molecule has 0 saturated heterocycles. The van der Waals surface area contributed by atoms with E-state index >= 15 is 0 Å². The van der Waals surface area contributed by atoms with E-state index in [1.54, 1.807) is 0 Å². The van der Waals surface area contributed by atoms with Crippen LogP contribution in [-0.2, 0) is 6.54 Å². The van der Waals surface area contributed by atoms with Crippen molar-refractivity contribution in [1.82, 2.24) is 14.8 Å². The normalized spacial score (nSPS) is 10.7. The Morgan fingerprint density at radius 3 is 2.40 bits per heavy atom. The average molecular weight is 349 g/mol. The fourth-order valence-corrected chi connectivity index (χ4v) is 2.61. The van der Waals surface area contributed by atoms with Gasteiger partial charge in [-0.2, -0.15) is 0 Å². The molecule has 2 aromatic carbocycles. The van der Waals surface area contributed by atoms with E-state index in [4.69, 9.17) is 11.6 Å². The Bertz CT molecular complexity index is 725. The van der Waals surface area contributed by atoms with Gasteiger partial charge in [-0.3, -0.25) is 4.57 Å². The first-order valence-corrected chi connectivity index (χ1v) is 7.30. The maximum absolute atomic E-state index is 6.17. The van der Waals surface area contributed by atoms with Crippen molar-refractivity contribution in [3.8, 4) is 11.4 Å². The quantitative estimate of drug-likeness (QED) is 0.702. The van der Waals surface area contributed by atoms with Gasteiger partial charge in [0.05, 0.1) is 6.54 Å². The van der Waals surface area contributed by atoms with Crippen LogP contribution in [0.15, 0.2) is 59.1 Å². The van der Waals surface area contributed by atoms with E-state index in [1.807, 2.05) is 53.1 Å². The maximum Gasteiger partial charge on any atom is 0.225 e. The van der Waals surface area contributed by atoms with Crippen molar-refractivity contribution in [3.63, 3.8) is 0 Å². The maximum atomic E-state index is 6.17. The highest BCUT2D eigenvalue weighted by Gasteiger charge is 2.13. The van der Waals surface area contributed by atoms with E-state index in [0.29, 0.717) is 11.8 Å². The molecule has 1 heterocycles. The summed E-state index contributed by atoms with van der Waals surface area (Å²) in [5.74, 6) is 0.770. The molecule has 0 N–H and O–H groups in total. The molecular weight excluding hydrogens is 338 g/mol. The summed E-state index contributed by atoms with van der Waals surface area (Å²) in [5, 5.41) is 8.55. The van der Waals surface area contributed by atoms with Crippen LogP contribution in [-0.4, -0.2) is 14.8 Å². The molecule has 0 atom stereocenters. The van der Waals surface area contributed by atoms with Gasteiger partial charge in [0.1, 0.15) is 0 Å². The Labute approximate surface area is 130 Å². The van der Waals surface area contributed by atoms with Crippen molar-refractivity contribution in [2.24, 2.45) is 0 Å². The minimum absolute atomic E-state index is 0.389. The second-order valence-corrected chi connectivity index (χ2v) is 5.53. The third-order valence-corrected chi connectivity index (χ3v) is 4.08. The molecule has 0 fully saturated rings. The van der Waals surface area contributed by atoms with Crippen molar-refractivity contribution in [2.75, 3.05) is 0 Å². The molecule has 0 bridgehead atoms. The van der Waals surface area contributed by atoms with Crippen LogP contribution < -0.4 is 0 Å². The summed E-state index contributed by atoms with van der Waals surface area (Å²) in [7, 11) is 0. The number of aromatic nitrogens is 3. The summed E-state index contributed by atoms with van der Waals surface area (Å²) in [6, 6.07) is 18.0. The minimum atomic E-state index is 0.389. The Hall–Kier alpha value is -1.65. The van der Waals surface area contributed by atoms with Gasteiger partial charge in [0.25, 0.3) is 0 Å². The highest BCUT2D eigenvalue weighted by molar-refractivity contribution is 9.10. The predicted octanol–water partition coefficient (Wildman–Crippen LogP) is 4.41. The molecule has 0 aliphatic rings. The van der Waals surface area contributed by atoms with Crippen molar-refractivity contribution < 1.29 is 0 Å². The number of nitrogens with zero attached hydrogens (tertiary/aromatic N) is 3. The summed E-state index contributed by atoms with van der Waals surface area (Å²) in [4.78, 5) is 0. The van der Waals surface area contributed by atoms with Crippen LogP contribution in [0.25, 0.3) is 11.4 Å². The van der Waals surface area contributed by atoms with Crippen LogP contribution in [0.3, 0.4) is 0 Å². The molecule has 20 heavy (non-hydrogen) atoms. The lowest BCUT2D eigenvalue weighted by Crippen LogP contribution is -2.03. The van der Waals surface area contributed by atoms with Crippen LogP contribution in [0.2, 0.25) is 5.28 Å². The largest absolute Gasteiger partial charge is 0.293 e. The molecule has 0 saturated carbocycles. The predicted molar refractivity (Wildman–Crippen MR) is 83.7 cm³/mol. The smallest absolute Gasteiger partial charge is 0.225 e.